The number of nitrogens with one attached hydrogen (secondary N) is 2. The van der Waals surface area contributed by atoms with Gasteiger partial charge < -0.3 is 15.7 Å². The van der Waals surface area contributed by atoms with E-state index >= 15 is 0 Å². The highest BCUT2D eigenvalue weighted by Crippen LogP contribution is 2.06. The summed E-state index contributed by atoms with van der Waals surface area (Å²) < 4.78 is 0. The van der Waals surface area contributed by atoms with E-state index in [4.69, 9.17) is 0 Å². The number of aromatic nitrogens is 1. The van der Waals surface area contributed by atoms with Gasteiger partial charge in [-0.1, -0.05) is 0 Å². The number of amides is 1. The molecule has 0 saturated carbocycles. The van der Waals surface area contributed by atoms with E-state index in [1.165, 1.54) is 0 Å². The van der Waals surface area contributed by atoms with Gasteiger partial charge in [0.2, 0.25) is 5.91 Å². The summed E-state index contributed by atoms with van der Waals surface area (Å²) in [5.74, 6) is -0.0318. The molecule has 2 unspecified atom stereocenters. The number of pyridine rings is 1. The van der Waals surface area contributed by atoms with Crippen LogP contribution in [-0.4, -0.2) is 41.2 Å². The second kappa shape index (κ2) is 5.75. The molecule has 2 heterocycles. The Morgan fingerprint density at radius 1 is 1.53 bits per heavy atom. The van der Waals surface area contributed by atoms with Gasteiger partial charge in [0, 0.05) is 25.5 Å². The predicted octanol–water partition coefficient (Wildman–Crippen LogP) is -0.537. The van der Waals surface area contributed by atoms with Gasteiger partial charge in [-0.25, -0.2) is 0 Å². The van der Waals surface area contributed by atoms with Gasteiger partial charge in [-0.05, 0) is 30.5 Å². The molecule has 0 spiro atoms. The maximum Gasteiger partial charge on any atom is 0.237 e. The van der Waals surface area contributed by atoms with Crippen molar-refractivity contribution in [3.05, 3.63) is 30.1 Å². The lowest BCUT2D eigenvalue weighted by atomic mass is 10.1. The quantitative estimate of drug-likeness (QED) is 0.655. The zero-order chi connectivity index (χ0) is 12.1. The smallest absolute Gasteiger partial charge is 0.237 e. The van der Waals surface area contributed by atoms with Gasteiger partial charge in [0.05, 0.1) is 12.1 Å². The van der Waals surface area contributed by atoms with Crippen molar-refractivity contribution in [2.45, 2.75) is 25.0 Å². The molecule has 1 aliphatic heterocycles. The van der Waals surface area contributed by atoms with Crippen LogP contribution in [0.1, 0.15) is 12.0 Å². The van der Waals surface area contributed by atoms with Gasteiger partial charge in [-0.2, -0.15) is 0 Å². The highest BCUT2D eigenvalue weighted by atomic mass is 16.3. The first-order chi connectivity index (χ1) is 8.25. The first-order valence-corrected chi connectivity index (χ1v) is 5.84. The Labute approximate surface area is 100 Å². The van der Waals surface area contributed by atoms with Crippen LogP contribution in [0.3, 0.4) is 0 Å². The summed E-state index contributed by atoms with van der Waals surface area (Å²) in [4.78, 5) is 15.6. The molecular formula is C12H17N3O2. The Hall–Kier alpha value is -1.46. The molecule has 1 saturated heterocycles. The number of aliphatic hydroxyl groups excluding tert-OH is 1. The lowest BCUT2D eigenvalue weighted by Gasteiger charge is -2.10. The minimum atomic E-state index is -0.397. The van der Waals surface area contributed by atoms with Crippen molar-refractivity contribution in [1.29, 1.82) is 0 Å². The Kier molecular flexibility index (Phi) is 4.06. The third-order valence-corrected chi connectivity index (χ3v) is 2.89. The number of carbonyl (C=O) groups is 1. The van der Waals surface area contributed by atoms with Crippen LogP contribution in [0.4, 0.5) is 0 Å². The molecule has 0 aromatic carbocycles. The van der Waals surface area contributed by atoms with E-state index in [1.807, 2.05) is 12.1 Å². The fraction of sp³-hybridized carbons (Fsp3) is 0.500. The lowest BCUT2D eigenvalue weighted by molar-refractivity contribution is -0.122. The van der Waals surface area contributed by atoms with Crippen LogP contribution in [0.25, 0.3) is 0 Å². The van der Waals surface area contributed by atoms with E-state index in [2.05, 4.69) is 15.6 Å². The molecular weight excluding hydrogens is 218 g/mol. The third kappa shape index (κ3) is 3.51. The number of nitrogens with zero attached hydrogens (tertiary/aromatic N) is 1. The standard InChI is InChI=1S/C12H17N3O2/c16-10-7-11(15-8-10)12(17)14-6-3-9-1-4-13-5-2-9/h1-2,4-5,10-11,15-16H,3,6-8H2,(H,14,17). The number of aliphatic hydroxyl groups is 1. The van der Waals surface area contributed by atoms with Crippen molar-refractivity contribution in [2.75, 3.05) is 13.1 Å². The van der Waals surface area contributed by atoms with Crippen LogP contribution < -0.4 is 10.6 Å². The third-order valence-electron chi connectivity index (χ3n) is 2.89. The molecule has 2 atom stereocenters. The Balaban J connectivity index is 1.70. The molecule has 1 amide bonds. The summed E-state index contributed by atoms with van der Waals surface area (Å²) in [6.07, 6.45) is 4.38. The zero-order valence-electron chi connectivity index (χ0n) is 9.60. The van der Waals surface area contributed by atoms with E-state index in [0.717, 1.165) is 12.0 Å². The van der Waals surface area contributed by atoms with E-state index in [-0.39, 0.29) is 11.9 Å². The van der Waals surface area contributed by atoms with Gasteiger partial charge in [0.25, 0.3) is 0 Å². The zero-order valence-corrected chi connectivity index (χ0v) is 9.60. The summed E-state index contributed by atoms with van der Waals surface area (Å²) >= 11 is 0. The van der Waals surface area contributed by atoms with Gasteiger partial charge >= 0.3 is 0 Å². The molecule has 0 aliphatic carbocycles. The number of β-amino-alcohol motifs (C(OH)–C–C–N with tert-alkyl or cyclic N) is 1. The number of rotatable bonds is 4. The number of hydrogen-bond donors (Lipinski definition) is 3. The van der Waals surface area contributed by atoms with Crippen molar-refractivity contribution in [1.82, 2.24) is 15.6 Å². The highest BCUT2D eigenvalue weighted by Gasteiger charge is 2.27. The van der Waals surface area contributed by atoms with Gasteiger partial charge in [0.15, 0.2) is 0 Å². The van der Waals surface area contributed by atoms with E-state index < -0.39 is 6.10 Å². The minimum Gasteiger partial charge on any atom is -0.392 e. The normalized spacial score (nSPS) is 23.6. The summed E-state index contributed by atoms with van der Waals surface area (Å²) in [7, 11) is 0. The average molecular weight is 235 g/mol. The number of hydrogen-bond acceptors (Lipinski definition) is 4. The van der Waals surface area contributed by atoms with Gasteiger partial charge in [-0.15, -0.1) is 0 Å². The largest absolute Gasteiger partial charge is 0.392 e. The molecule has 1 fully saturated rings. The predicted molar refractivity (Wildman–Crippen MR) is 63.4 cm³/mol. The summed E-state index contributed by atoms with van der Waals surface area (Å²) in [5.41, 5.74) is 1.15. The fourth-order valence-corrected chi connectivity index (χ4v) is 1.92. The molecule has 3 N–H and O–H groups in total. The topological polar surface area (TPSA) is 74.2 Å². The van der Waals surface area contributed by atoms with E-state index in [0.29, 0.717) is 19.5 Å². The van der Waals surface area contributed by atoms with Crippen molar-refractivity contribution in [2.24, 2.45) is 0 Å². The van der Waals surface area contributed by atoms with Crippen LogP contribution in [0.2, 0.25) is 0 Å². The molecule has 0 bridgehead atoms. The SMILES string of the molecule is O=C(NCCc1ccncc1)C1CC(O)CN1. The Bertz CT molecular complexity index is 369. The summed E-state index contributed by atoms with van der Waals surface area (Å²) in [5, 5.41) is 15.1. The van der Waals surface area contributed by atoms with Crippen molar-refractivity contribution in [3.63, 3.8) is 0 Å². The second-order valence-electron chi connectivity index (χ2n) is 4.25. The lowest BCUT2D eigenvalue weighted by Crippen LogP contribution is -2.41. The molecule has 1 aromatic rings. The van der Waals surface area contributed by atoms with Gasteiger partial charge in [-0.3, -0.25) is 9.78 Å². The fourth-order valence-electron chi connectivity index (χ4n) is 1.92. The highest BCUT2D eigenvalue weighted by molar-refractivity contribution is 5.82. The minimum absolute atomic E-state index is 0.0318. The maximum atomic E-state index is 11.7. The molecule has 0 radical (unpaired) electrons. The Morgan fingerprint density at radius 2 is 2.29 bits per heavy atom. The molecule has 5 nitrogen and oxygen atoms in total. The van der Waals surface area contributed by atoms with Crippen LogP contribution in [-0.2, 0) is 11.2 Å². The first kappa shape index (κ1) is 12.0. The van der Waals surface area contributed by atoms with Crippen molar-refractivity contribution < 1.29 is 9.90 Å². The number of carbonyl (C=O) groups excluding carboxylic acids is 1. The second-order valence-corrected chi connectivity index (χ2v) is 4.25. The molecule has 1 aliphatic rings. The molecule has 92 valence electrons. The summed E-state index contributed by atoms with van der Waals surface area (Å²) in [6.45, 7) is 1.11. The summed E-state index contributed by atoms with van der Waals surface area (Å²) in [6, 6.07) is 3.62. The molecule has 17 heavy (non-hydrogen) atoms. The van der Waals surface area contributed by atoms with Gasteiger partial charge in [0.1, 0.15) is 0 Å². The van der Waals surface area contributed by atoms with Crippen LogP contribution in [0, 0.1) is 0 Å². The average Bonchev–Trinajstić information content (AvgIpc) is 2.77. The van der Waals surface area contributed by atoms with Crippen LogP contribution in [0.5, 0.6) is 0 Å². The van der Waals surface area contributed by atoms with Crippen molar-refractivity contribution in [3.8, 4) is 0 Å². The van der Waals surface area contributed by atoms with E-state index in [9.17, 15) is 9.90 Å². The molecule has 2 rings (SSSR count). The van der Waals surface area contributed by atoms with E-state index in [1.54, 1.807) is 12.4 Å². The van der Waals surface area contributed by atoms with Crippen LogP contribution in [0.15, 0.2) is 24.5 Å². The molecule has 1 aromatic heterocycles. The Morgan fingerprint density at radius 3 is 2.94 bits per heavy atom. The first-order valence-electron chi connectivity index (χ1n) is 5.84. The van der Waals surface area contributed by atoms with Crippen LogP contribution >= 0.6 is 0 Å². The van der Waals surface area contributed by atoms with Crippen molar-refractivity contribution >= 4 is 5.91 Å². The maximum absolute atomic E-state index is 11.7. The monoisotopic (exact) mass is 235 g/mol. The molecule has 5 heteroatoms.